The molecule has 2 aliphatic rings. The Morgan fingerprint density at radius 3 is 2.62 bits per heavy atom. The van der Waals surface area contributed by atoms with Gasteiger partial charge in [0.15, 0.2) is 0 Å². The number of fused-ring (bicyclic) bond motifs is 1. The van der Waals surface area contributed by atoms with Crippen LogP contribution in [-0.2, 0) is 11.3 Å². The highest BCUT2D eigenvalue weighted by molar-refractivity contribution is 5.91. The third kappa shape index (κ3) is 2.81. The summed E-state index contributed by atoms with van der Waals surface area (Å²) in [6.07, 6.45) is 2.76. The quantitative estimate of drug-likeness (QED) is 0.867. The molecule has 1 aromatic rings. The number of carbonyl (C=O) groups excluding carboxylic acids is 1. The summed E-state index contributed by atoms with van der Waals surface area (Å²) in [5.74, 6) is 1.23. The molecular weight excluding hydrogens is 304 g/mol. The van der Waals surface area contributed by atoms with Gasteiger partial charge in [-0.1, -0.05) is 27.7 Å². The molecule has 2 unspecified atom stereocenters. The molecule has 134 valence electrons. The summed E-state index contributed by atoms with van der Waals surface area (Å²) in [7, 11) is 0. The first-order chi connectivity index (χ1) is 11.2. The first-order valence-corrected chi connectivity index (χ1v) is 8.95. The van der Waals surface area contributed by atoms with Crippen LogP contribution in [0, 0.1) is 11.8 Å². The van der Waals surface area contributed by atoms with Crippen LogP contribution in [0.1, 0.15) is 59.6 Å². The van der Waals surface area contributed by atoms with E-state index in [1.54, 1.807) is 6.20 Å². The van der Waals surface area contributed by atoms with E-state index in [0.29, 0.717) is 17.8 Å². The van der Waals surface area contributed by atoms with E-state index < -0.39 is 0 Å². The van der Waals surface area contributed by atoms with Crippen LogP contribution in [0.25, 0.3) is 0 Å². The van der Waals surface area contributed by atoms with Crippen molar-refractivity contribution in [3.63, 3.8) is 0 Å². The predicted octanol–water partition coefficient (Wildman–Crippen LogP) is 3.35. The SMILES string of the molecule is CC(C)Cn1ncc(NC(=O)NC23CC2COC3(C)C)c1C(C)C. The molecule has 0 spiro atoms. The summed E-state index contributed by atoms with van der Waals surface area (Å²) in [4.78, 5) is 12.6. The van der Waals surface area contributed by atoms with Gasteiger partial charge in [0.25, 0.3) is 0 Å². The zero-order valence-corrected chi connectivity index (χ0v) is 15.6. The van der Waals surface area contributed by atoms with Crippen molar-refractivity contribution in [1.29, 1.82) is 0 Å². The molecule has 1 aliphatic carbocycles. The fraction of sp³-hybridized carbons (Fsp3) is 0.778. The lowest BCUT2D eigenvalue weighted by molar-refractivity contribution is -0.00667. The molecule has 0 radical (unpaired) electrons. The number of carbonyl (C=O) groups is 1. The van der Waals surface area contributed by atoms with Crippen molar-refractivity contribution in [3.8, 4) is 0 Å². The fourth-order valence-corrected chi connectivity index (χ4v) is 3.96. The number of nitrogens with zero attached hydrogens (tertiary/aromatic N) is 2. The standard InChI is InChI=1S/C18H30N4O2/c1-11(2)9-22-15(12(3)4)14(8-19-22)20-16(23)21-18-7-13(18)10-24-17(18,5)6/h8,11-13H,7,9-10H2,1-6H3,(H2,20,21,23). The summed E-state index contributed by atoms with van der Waals surface area (Å²) in [6.45, 7) is 14.3. The van der Waals surface area contributed by atoms with Crippen molar-refractivity contribution in [2.45, 2.75) is 71.6 Å². The lowest BCUT2D eigenvalue weighted by Gasteiger charge is -2.31. The molecule has 0 bridgehead atoms. The highest BCUT2D eigenvalue weighted by Crippen LogP contribution is 2.57. The molecule has 2 N–H and O–H groups in total. The summed E-state index contributed by atoms with van der Waals surface area (Å²) in [6, 6.07) is -0.165. The van der Waals surface area contributed by atoms with Gasteiger partial charge in [0.05, 0.1) is 35.3 Å². The number of hydrogen-bond acceptors (Lipinski definition) is 3. The maximum atomic E-state index is 12.6. The second-order valence-electron chi connectivity index (χ2n) is 8.45. The molecular formula is C18H30N4O2. The van der Waals surface area contributed by atoms with E-state index in [1.165, 1.54) is 0 Å². The Morgan fingerprint density at radius 1 is 1.42 bits per heavy atom. The van der Waals surface area contributed by atoms with Gasteiger partial charge >= 0.3 is 6.03 Å². The van der Waals surface area contributed by atoms with Crippen molar-refractivity contribution in [2.75, 3.05) is 11.9 Å². The van der Waals surface area contributed by atoms with Gasteiger partial charge in [-0.15, -0.1) is 0 Å². The molecule has 0 aromatic carbocycles. The minimum Gasteiger partial charge on any atom is -0.373 e. The van der Waals surface area contributed by atoms with E-state index in [0.717, 1.165) is 31.0 Å². The van der Waals surface area contributed by atoms with Crippen molar-refractivity contribution >= 4 is 11.7 Å². The highest BCUT2D eigenvalue weighted by Gasteiger charge is 2.69. The lowest BCUT2D eigenvalue weighted by atomic mass is 9.96. The van der Waals surface area contributed by atoms with Crippen molar-refractivity contribution in [3.05, 3.63) is 11.9 Å². The van der Waals surface area contributed by atoms with E-state index >= 15 is 0 Å². The molecule has 2 amide bonds. The van der Waals surface area contributed by atoms with Crippen LogP contribution in [0.3, 0.4) is 0 Å². The molecule has 2 fully saturated rings. The second-order valence-corrected chi connectivity index (χ2v) is 8.45. The molecule has 6 heteroatoms. The average Bonchev–Trinajstić information content (AvgIpc) is 2.94. The van der Waals surface area contributed by atoms with Crippen LogP contribution < -0.4 is 10.6 Å². The summed E-state index contributed by atoms with van der Waals surface area (Å²) in [5, 5.41) is 10.7. The average molecular weight is 334 g/mol. The van der Waals surface area contributed by atoms with E-state index in [9.17, 15) is 4.79 Å². The summed E-state index contributed by atoms with van der Waals surface area (Å²) in [5.41, 5.74) is 1.35. The molecule has 3 rings (SSSR count). The van der Waals surface area contributed by atoms with Crippen molar-refractivity contribution in [1.82, 2.24) is 15.1 Å². The highest BCUT2D eigenvalue weighted by atomic mass is 16.5. The molecule has 2 heterocycles. The van der Waals surface area contributed by atoms with Gasteiger partial charge in [-0.25, -0.2) is 4.79 Å². The smallest absolute Gasteiger partial charge is 0.319 e. The van der Waals surface area contributed by atoms with Gasteiger partial charge in [-0.3, -0.25) is 4.68 Å². The van der Waals surface area contributed by atoms with Crippen LogP contribution in [0.15, 0.2) is 6.20 Å². The summed E-state index contributed by atoms with van der Waals surface area (Å²) >= 11 is 0. The molecule has 1 aliphatic heterocycles. The molecule has 6 nitrogen and oxygen atoms in total. The number of rotatable bonds is 5. The number of amides is 2. The first kappa shape index (κ1) is 17.3. The van der Waals surface area contributed by atoms with Gasteiger partial charge < -0.3 is 15.4 Å². The van der Waals surface area contributed by atoms with Crippen LogP contribution in [0.5, 0.6) is 0 Å². The Kier molecular flexibility index (Phi) is 4.14. The normalized spacial score (nSPS) is 27.4. The number of ether oxygens (including phenoxy) is 1. The zero-order chi connectivity index (χ0) is 17.7. The Balaban J connectivity index is 1.72. The topological polar surface area (TPSA) is 68.2 Å². The molecule has 1 aromatic heterocycles. The maximum absolute atomic E-state index is 12.6. The van der Waals surface area contributed by atoms with Crippen LogP contribution >= 0.6 is 0 Å². The van der Waals surface area contributed by atoms with E-state index in [-0.39, 0.29) is 17.2 Å². The van der Waals surface area contributed by atoms with E-state index in [1.807, 2.05) is 4.68 Å². The molecule has 2 atom stereocenters. The molecule has 1 saturated carbocycles. The number of hydrogen-bond donors (Lipinski definition) is 2. The number of anilines is 1. The van der Waals surface area contributed by atoms with Gasteiger partial charge in [0, 0.05) is 12.5 Å². The van der Waals surface area contributed by atoms with Crippen molar-refractivity contribution < 1.29 is 9.53 Å². The lowest BCUT2D eigenvalue weighted by Crippen LogP contribution is -2.52. The monoisotopic (exact) mass is 334 g/mol. The third-order valence-electron chi connectivity index (χ3n) is 5.37. The van der Waals surface area contributed by atoms with Crippen LogP contribution in [-0.4, -0.2) is 33.6 Å². The molecule has 1 saturated heterocycles. The fourth-order valence-electron chi connectivity index (χ4n) is 3.96. The maximum Gasteiger partial charge on any atom is 0.319 e. The van der Waals surface area contributed by atoms with E-state index in [2.05, 4.69) is 57.3 Å². The van der Waals surface area contributed by atoms with Gasteiger partial charge in [0.2, 0.25) is 0 Å². The van der Waals surface area contributed by atoms with E-state index in [4.69, 9.17) is 4.74 Å². The molecule has 24 heavy (non-hydrogen) atoms. The predicted molar refractivity (Wildman–Crippen MR) is 94.2 cm³/mol. The Morgan fingerprint density at radius 2 is 2.12 bits per heavy atom. The first-order valence-electron chi connectivity index (χ1n) is 8.95. The van der Waals surface area contributed by atoms with Gasteiger partial charge in [0.1, 0.15) is 0 Å². The largest absolute Gasteiger partial charge is 0.373 e. The minimum absolute atomic E-state index is 0.165. The number of aromatic nitrogens is 2. The Hall–Kier alpha value is -1.56. The van der Waals surface area contributed by atoms with Gasteiger partial charge in [-0.2, -0.15) is 5.10 Å². The Labute approximate surface area is 144 Å². The zero-order valence-electron chi connectivity index (χ0n) is 15.6. The Bertz CT molecular complexity index is 635. The minimum atomic E-state index is -0.308. The van der Waals surface area contributed by atoms with Crippen LogP contribution in [0.4, 0.5) is 10.5 Å². The third-order valence-corrected chi connectivity index (χ3v) is 5.37. The van der Waals surface area contributed by atoms with Crippen molar-refractivity contribution in [2.24, 2.45) is 11.8 Å². The van der Waals surface area contributed by atoms with Gasteiger partial charge in [-0.05, 0) is 32.1 Å². The number of nitrogens with one attached hydrogen (secondary N) is 2. The van der Waals surface area contributed by atoms with Crippen LogP contribution in [0.2, 0.25) is 0 Å². The summed E-state index contributed by atoms with van der Waals surface area (Å²) < 4.78 is 7.81. The number of urea groups is 1. The second kappa shape index (κ2) is 5.76.